The molecule has 1 fully saturated rings. The first kappa shape index (κ1) is 18.4. The molecule has 2 aromatic carbocycles. The van der Waals surface area contributed by atoms with Gasteiger partial charge in [-0.3, -0.25) is 4.79 Å². The molecular formula is C17H16BrClN2O3S. The maximum atomic E-state index is 12.5. The van der Waals surface area contributed by atoms with Crippen LogP contribution in [0.5, 0.6) is 0 Å². The zero-order valence-electron chi connectivity index (χ0n) is 13.2. The first-order chi connectivity index (χ1) is 11.9. The fourth-order valence-corrected chi connectivity index (χ4v) is 4.88. The third-order valence-electron chi connectivity index (χ3n) is 4.00. The van der Waals surface area contributed by atoms with E-state index in [4.69, 9.17) is 11.6 Å². The van der Waals surface area contributed by atoms with Crippen LogP contribution in [0.15, 0.2) is 51.8 Å². The molecular weight excluding hydrogens is 428 g/mol. The van der Waals surface area contributed by atoms with E-state index in [-0.39, 0.29) is 10.8 Å². The normalized spacial score (nSPS) is 15.3. The number of nitrogens with zero attached hydrogens (tertiary/aromatic N) is 1. The average molecular weight is 444 g/mol. The lowest BCUT2D eigenvalue weighted by atomic mass is 10.2. The summed E-state index contributed by atoms with van der Waals surface area (Å²) in [6, 6.07) is 11.1. The smallest absolute Gasteiger partial charge is 0.255 e. The average Bonchev–Trinajstić information content (AvgIpc) is 3.13. The number of rotatable bonds is 4. The molecule has 1 saturated heterocycles. The van der Waals surface area contributed by atoms with E-state index >= 15 is 0 Å². The van der Waals surface area contributed by atoms with Gasteiger partial charge in [0.1, 0.15) is 0 Å². The van der Waals surface area contributed by atoms with Crippen LogP contribution < -0.4 is 5.32 Å². The van der Waals surface area contributed by atoms with Gasteiger partial charge in [0.15, 0.2) is 0 Å². The Morgan fingerprint density at radius 3 is 2.32 bits per heavy atom. The highest BCUT2D eigenvalue weighted by Gasteiger charge is 2.27. The quantitative estimate of drug-likeness (QED) is 0.772. The fraction of sp³-hybridized carbons (Fsp3) is 0.235. The molecule has 2 aromatic rings. The van der Waals surface area contributed by atoms with Crippen molar-refractivity contribution in [2.75, 3.05) is 18.4 Å². The zero-order chi connectivity index (χ0) is 18.0. The lowest BCUT2D eigenvalue weighted by Gasteiger charge is -2.15. The molecule has 132 valence electrons. The lowest BCUT2D eigenvalue weighted by molar-refractivity contribution is 0.102. The second-order valence-corrected chi connectivity index (χ2v) is 8.97. The molecule has 0 radical (unpaired) electrons. The zero-order valence-corrected chi connectivity index (χ0v) is 16.4. The van der Waals surface area contributed by atoms with Crippen molar-refractivity contribution in [1.29, 1.82) is 0 Å². The molecule has 0 atom stereocenters. The number of halogens is 2. The molecule has 1 N–H and O–H groups in total. The molecule has 0 spiro atoms. The highest BCUT2D eigenvalue weighted by atomic mass is 79.9. The number of carbonyl (C=O) groups excluding carboxylic acids is 1. The van der Waals surface area contributed by atoms with Gasteiger partial charge < -0.3 is 5.32 Å². The Morgan fingerprint density at radius 2 is 1.72 bits per heavy atom. The predicted octanol–water partition coefficient (Wildman–Crippen LogP) is 4.14. The highest BCUT2D eigenvalue weighted by Crippen LogP contribution is 2.26. The Labute approximate surface area is 160 Å². The van der Waals surface area contributed by atoms with E-state index in [0.29, 0.717) is 29.4 Å². The van der Waals surface area contributed by atoms with Gasteiger partial charge in [0.2, 0.25) is 10.0 Å². The van der Waals surface area contributed by atoms with Crippen LogP contribution in [-0.2, 0) is 10.0 Å². The van der Waals surface area contributed by atoms with Crippen molar-refractivity contribution in [3.63, 3.8) is 0 Å². The van der Waals surface area contributed by atoms with Gasteiger partial charge in [0.25, 0.3) is 5.91 Å². The summed E-state index contributed by atoms with van der Waals surface area (Å²) in [5.74, 6) is -0.352. The summed E-state index contributed by atoms with van der Waals surface area (Å²) in [4.78, 5) is 12.5. The summed E-state index contributed by atoms with van der Waals surface area (Å²) in [6.45, 7) is 1.10. The number of carbonyl (C=O) groups is 1. The summed E-state index contributed by atoms with van der Waals surface area (Å²) in [5.41, 5.74) is 0.850. The van der Waals surface area contributed by atoms with Crippen molar-refractivity contribution in [2.45, 2.75) is 17.7 Å². The number of nitrogens with one attached hydrogen (secondary N) is 1. The highest BCUT2D eigenvalue weighted by molar-refractivity contribution is 9.10. The van der Waals surface area contributed by atoms with Crippen molar-refractivity contribution >= 4 is 49.1 Å². The lowest BCUT2D eigenvalue weighted by Crippen LogP contribution is -2.27. The van der Waals surface area contributed by atoms with E-state index in [1.54, 1.807) is 18.2 Å². The number of anilines is 1. The van der Waals surface area contributed by atoms with E-state index < -0.39 is 10.0 Å². The Bertz CT molecular complexity index is 895. The largest absolute Gasteiger partial charge is 0.321 e. The first-order valence-electron chi connectivity index (χ1n) is 7.74. The molecule has 1 heterocycles. The predicted molar refractivity (Wildman–Crippen MR) is 102 cm³/mol. The molecule has 0 saturated carbocycles. The molecule has 0 unspecified atom stereocenters. The maximum Gasteiger partial charge on any atom is 0.255 e. The Hall–Kier alpha value is -1.41. The maximum absolute atomic E-state index is 12.5. The van der Waals surface area contributed by atoms with Crippen LogP contribution in [0.25, 0.3) is 0 Å². The molecule has 0 bridgehead atoms. The number of sulfonamides is 1. The number of benzene rings is 2. The van der Waals surface area contributed by atoms with Crippen molar-refractivity contribution in [3.8, 4) is 0 Å². The van der Waals surface area contributed by atoms with Crippen molar-refractivity contribution in [1.82, 2.24) is 4.31 Å². The molecule has 25 heavy (non-hydrogen) atoms. The minimum atomic E-state index is -3.48. The number of hydrogen-bond donors (Lipinski definition) is 1. The molecule has 3 rings (SSSR count). The van der Waals surface area contributed by atoms with Gasteiger partial charge in [-0.1, -0.05) is 27.5 Å². The third kappa shape index (κ3) is 4.06. The van der Waals surface area contributed by atoms with Gasteiger partial charge in [-0.05, 0) is 55.3 Å². The van der Waals surface area contributed by atoms with Crippen molar-refractivity contribution in [2.24, 2.45) is 0 Å². The van der Waals surface area contributed by atoms with Crippen LogP contribution >= 0.6 is 27.5 Å². The second kappa shape index (κ2) is 7.45. The summed E-state index contributed by atoms with van der Waals surface area (Å²) in [7, 11) is -3.48. The summed E-state index contributed by atoms with van der Waals surface area (Å²) in [5, 5.41) is 3.13. The van der Waals surface area contributed by atoms with Crippen molar-refractivity contribution < 1.29 is 13.2 Å². The summed E-state index contributed by atoms with van der Waals surface area (Å²) < 4.78 is 27.3. The van der Waals surface area contributed by atoms with Crippen molar-refractivity contribution in [3.05, 3.63) is 57.5 Å². The van der Waals surface area contributed by atoms with E-state index in [1.807, 2.05) is 0 Å². The monoisotopic (exact) mass is 442 g/mol. The molecule has 1 aliphatic rings. The van der Waals surface area contributed by atoms with E-state index in [9.17, 15) is 13.2 Å². The summed E-state index contributed by atoms with van der Waals surface area (Å²) in [6.07, 6.45) is 1.77. The van der Waals surface area contributed by atoms with E-state index in [1.165, 1.54) is 28.6 Å². The van der Waals surface area contributed by atoms with Gasteiger partial charge >= 0.3 is 0 Å². The number of amides is 1. The van der Waals surface area contributed by atoms with Gasteiger partial charge in [-0.2, -0.15) is 4.31 Å². The SMILES string of the molecule is O=C(Nc1ccc(Br)cc1Cl)c1ccc(S(=O)(=O)N2CCCC2)cc1. The number of hydrogen-bond acceptors (Lipinski definition) is 3. The third-order valence-corrected chi connectivity index (χ3v) is 6.72. The van der Waals surface area contributed by atoms with E-state index in [0.717, 1.165) is 17.3 Å². The van der Waals surface area contributed by atoms with Crippen LogP contribution in [0.3, 0.4) is 0 Å². The van der Waals surface area contributed by atoms with Gasteiger partial charge in [0.05, 0.1) is 15.6 Å². The molecule has 0 aliphatic carbocycles. The van der Waals surface area contributed by atoms with Crippen LogP contribution in [0.4, 0.5) is 5.69 Å². The van der Waals surface area contributed by atoms with Gasteiger partial charge in [-0.15, -0.1) is 0 Å². The van der Waals surface area contributed by atoms with Gasteiger partial charge in [-0.25, -0.2) is 8.42 Å². The molecule has 1 amide bonds. The Morgan fingerprint density at radius 1 is 1.08 bits per heavy atom. The topological polar surface area (TPSA) is 66.5 Å². The van der Waals surface area contributed by atoms with E-state index in [2.05, 4.69) is 21.2 Å². The molecule has 5 nitrogen and oxygen atoms in total. The minimum absolute atomic E-state index is 0.202. The van der Waals surface area contributed by atoms with Crippen LogP contribution in [0.2, 0.25) is 5.02 Å². The standard InChI is InChI=1S/C17H16BrClN2O3S/c18-13-5-8-16(15(19)11-13)20-17(22)12-3-6-14(7-4-12)25(23,24)21-9-1-2-10-21/h3-8,11H,1-2,9-10H2,(H,20,22). The fourth-order valence-electron chi connectivity index (χ4n) is 2.64. The molecule has 8 heteroatoms. The first-order valence-corrected chi connectivity index (χ1v) is 10.4. The van der Waals surface area contributed by atoms with Crippen LogP contribution in [-0.4, -0.2) is 31.7 Å². The second-order valence-electron chi connectivity index (χ2n) is 5.71. The van der Waals surface area contributed by atoms with Gasteiger partial charge in [0, 0.05) is 23.1 Å². The summed E-state index contributed by atoms with van der Waals surface area (Å²) >= 11 is 9.39. The molecule has 1 aliphatic heterocycles. The Kier molecular flexibility index (Phi) is 5.48. The minimum Gasteiger partial charge on any atom is -0.321 e. The molecule has 0 aromatic heterocycles. The van der Waals surface area contributed by atoms with Crippen LogP contribution in [0, 0.1) is 0 Å². The Balaban J connectivity index is 1.76. The van der Waals surface area contributed by atoms with Crippen LogP contribution in [0.1, 0.15) is 23.2 Å².